The number of hydrogen-bond donors (Lipinski definition) is 1. The fourth-order valence-corrected chi connectivity index (χ4v) is 3.71. The second-order valence-corrected chi connectivity index (χ2v) is 7.02. The zero-order valence-corrected chi connectivity index (χ0v) is 15.5. The molecule has 0 aliphatic carbocycles. The van der Waals surface area contributed by atoms with E-state index in [1.165, 1.54) is 12.1 Å². The Morgan fingerprint density at radius 2 is 1.85 bits per heavy atom. The number of aliphatic imine (C=N–C) groups is 1. The maximum atomic E-state index is 13.3. The molecule has 26 heavy (non-hydrogen) atoms. The lowest BCUT2D eigenvalue weighted by atomic mass is 9.73. The van der Waals surface area contributed by atoms with Gasteiger partial charge in [-0.3, -0.25) is 0 Å². The highest BCUT2D eigenvalue weighted by Gasteiger charge is 2.39. The Balaban J connectivity index is 2.04. The molecule has 0 saturated heterocycles. The van der Waals surface area contributed by atoms with E-state index >= 15 is 0 Å². The van der Waals surface area contributed by atoms with Gasteiger partial charge in [-0.2, -0.15) is 0 Å². The number of ether oxygens (including phenoxy) is 1. The van der Waals surface area contributed by atoms with Crippen LogP contribution < -0.4 is 0 Å². The van der Waals surface area contributed by atoms with Crippen molar-refractivity contribution in [2.24, 2.45) is 10.9 Å². The molecule has 0 saturated carbocycles. The van der Waals surface area contributed by atoms with Crippen LogP contribution in [0.1, 0.15) is 36.5 Å². The zero-order chi connectivity index (χ0) is 18.9. The first kappa shape index (κ1) is 18.3. The molecule has 3 unspecified atom stereocenters. The van der Waals surface area contributed by atoms with Crippen LogP contribution in [0, 0.1) is 18.7 Å². The lowest BCUT2D eigenvalue weighted by Crippen LogP contribution is -2.35. The Hall–Kier alpha value is -2.46. The second kappa shape index (κ2) is 7.04. The molecule has 1 N–H and O–H groups in total. The van der Waals surface area contributed by atoms with Gasteiger partial charge in [0.25, 0.3) is 0 Å². The monoisotopic (exact) mass is 353 g/mol. The smallest absolute Gasteiger partial charge is 0.195 e. The predicted octanol–water partition coefficient (Wildman–Crippen LogP) is 4.70. The van der Waals surface area contributed by atoms with Gasteiger partial charge in [0.1, 0.15) is 11.4 Å². The Kier molecular flexibility index (Phi) is 4.97. The maximum Gasteiger partial charge on any atom is 0.195 e. The first-order valence-electron chi connectivity index (χ1n) is 8.71. The number of hydrogen-bond acceptors (Lipinski definition) is 3. The summed E-state index contributed by atoms with van der Waals surface area (Å²) in [4.78, 5) is 4.47. The van der Waals surface area contributed by atoms with Crippen LogP contribution >= 0.6 is 0 Å². The highest BCUT2D eigenvalue weighted by molar-refractivity contribution is 5.86. The molecule has 1 aliphatic rings. The molecule has 0 spiro atoms. The summed E-state index contributed by atoms with van der Waals surface area (Å²) in [5, 5.41) is 11.2. The molecule has 1 aliphatic heterocycles. The van der Waals surface area contributed by atoms with E-state index in [-0.39, 0.29) is 17.7 Å². The summed E-state index contributed by atoms with van der Waals surface area (Å²) in [5.74, 6) is 0.172. The molecule has 0 aromatic heterocycles. The average molecular weight is 353 g/mol. The second-order valence-electron chi connectivity index (χ2n) is 7.02. The molecule has 3 atom stereocenters. The van der Waals surface area contributed by atoms with E-state index < -0.39 is 5.60 Å². The average Bonchev–Trinajstić information content (AvgIpc) is 2.61. The summed E-state index contributed by atoms with van der Waals surface area (Å²) < 4.78 is 18.8. The third kappa shape index (κ3) is 3.29. The normalized spacial score (nSPS) is 22.2. The van der Waals surface area contributed by atoms with Gasteiger partial charge in [0.05, 0.1) is 13.0 Å². The van der Waals surface area contributed by atoms with Crippen LogP contribution in [-0.2, 0) is 10.3 Å². The Morgan fingerprint density at radius 3 is 2.46 bits per heavy atom. The molecular weight excluding hydrogens is 329 g/mol. The van der Waals surface area contributed by atoms with Crippen molar-refractivity contribution >= 4 is 5.90 Å². The van der Waals surface area contributed by atoms with Crippen LogP contribution in [0.3, 0.4) is 0 Å². The van der Waals surface area contributed by atoms with E-state index in [4.69, 9.17) is 4.74 Å². The van der Waals surface area contributed by atoms with Crippen molar-refractivity contribution in [1.29, 1.82) is 0 Å². The predicted molar refractivity (Wildman–Crippen MR) is 102 cm³/mol. The molecular formula is C22H24FNO2. The highest BCUT2D eigenvalue weighted by Crippen LogP contribution is 2.43. The SMILES string of the molecule is COC1=NC=C(C(C)(O)c2ccc(F)cc2)C(C)C1c1cccc(C)c1. The summed E-state index contributed by atoms with van der Waals surface area (Å²) in [6.07, 6.45) is 1.68. The Bertz CT molecular complexity index is 853. The number of halogens is 1. The van der Waals surface area contributed by atoms with Gasteiger partial charge in [-0.15, -0.1) is 0 Å². The van der Waals surface area contributed by atoms with Gasteiger partial charge in [-0.05, 0) is 48.6 Å². The summed E-state index contributed by atoms with van der Waals surface area (Å²) in [5.41, 5.74) is 2.41. The van der Waals surface area contributed by atoms with Crippen LogP contribution in [0.25, 0.3) is 0 Å². The standard InChI is InChI=1S/C22H24FNO2/c1-14-6-5-7-16(12-14)20-15(2)19(13-24-21(20)26-4)22(3,25)17-8-10-18(23)11-9-17/h5-13,15,20,25H,1-4H3. The van der Waals surface area contributed by atoms with E-state index in [1.807, 2.05) is 19.1 Å². The first-order chi connectivity index (χ1) is 12.3. The summed E-state index contributed by atoms with van der Waals surface area (Å²) >= 11 is 0. The van der Waals surface area contributed by atoms with E-state index in [0.717, 1.165) is 16.7 Å². The van der Waals surface area contributed by atoms with Gasteiger partial charge in [0, 0.05) is 6.20 Å². The van der Waals surface area contributed by atoms with Crippen LogP contribution in [0.2, 0.25) is 0 Å². The van der Waals surface area contributed by atoms with Crippen molar-refractivity contribution in [2.75, 3.05) is 7.11 Å². The van der Waals surface area contributed by atoms with Crippen LogP contribution in [0.5, 0.6) is 0 Å². The largest absolute Gasteiger partial charge is 0.484 e. The molecule has 2 aromatic rings. The Labute approximate surface area is 153 Å². The van der Waals surface area contributed by atoms with Crippen molar-refractivity contribution < 1.29 is 14.2 Å². The third-order valence-electron chi connectivity index (χ3n) is 5.17. The minimum atomic E-state index is -1.25. The zero-order valence-electron chi connectivity index (χ0n) is 15.5. The van der Waals surface area contributed by atoms with Crippen molar-refractivity contribution in [3.05, 3.63) is 82.8 Å². The number of aliphatic hydroxyl groups is 1. The van der Waals surface area contributed by atoms with Crippen molar-refractivity contribution in [2.45, 2.75) is 32.3 Å². The summed E-state index contributed by atoms with van der Waals surface area (Å²) in [6, 6.07) is 14.2. The molecule has 4 heteroatoms. The molecule has 3 nitrogen and oxygen atoms in total. The molecule has 136 valence electrons. The Morgan fingerprint density at radius 1 is 1.15 bits per heavy atom. The van der Waals surface area contributed by atoms with Crippen LogP contribution in [-0.4, -0.2) is 18.1 Å². The minimum Gasteiger partial charge on any atom is -0.484 e. The number of aryl methyl sites for hydroxylation is 1. The van der Waals surface area contributed by atoms with Crippen LogP contribution in [0.15, 0.2) is 65.3 Å². The molecule has 2 aromatic carbocycles. The lowest BCUT2D eigenvalue weighted by Gasteiger charge is -2.37. The number of rotatable bonds is 3. The molecule has 3 rings (SSSR count). The molecule has 0 bridgehead atoms. The van der Waals surface area contributed by atoms with Gasteiger partial charge in [0.2, 0.25) is 0 Å². The topological polar surface area (TPSA) is 41.8 Å². The summed E-state index contributed by atoms with van der Waals surface area (Å²) in [6.45, 7) is 5.83. The van der Waals surface area contributed by atoms with Crippen molar-refractivity contribution in [1.82, 2.24) is 0 Å². The lowest BCUT2D eigenvalue weighted by molar-refractivity contribution is 0.0838. The first-order valence-corrected chi connectivity index (χ1v) is 8.71. The molecule has 0 amide bonds. The van der Waals surface area contributed by atoms with Gasteiger partial charge >= 0.3 is 0 Å². The fraction of sp³-hybridized carbons (Fsp3) is 0.318. The number of methoxy groups -OCH3 is 1. The fourth-order valence-electron chi connectivity index (χ4n) is 3.71. The van der Waals surface area contributed by atoms with Gasteiger partial charge in [0.15, 0.2) is 5.90 Å². The van der Waals surface area contributed by atoms with Gasteiger partial charge in [-0.1, -0.05) is 48.9 Å². The minimum absolute atomic E-state index is 0.0377. The molecule has 1 heterocycles. The van der Waals surface area contributed by atoms with E-state index in [9.17, 15) is 9.50 Å². The third-order valence-corrected chi connectivity index (χ3v) is 5.17. The van der Waals surface area contributed by atoms with Crippen molar-refractivity contribution in [3.63, 3.8) is 0 Å². The van der Waals surface area contributed by atoms with E-state index in [1.54, 1.807) is 32.4 Å². The van der Waals surface area contributed by atoms with Gasteiger partial charge in [-0.25, -0.2) is 9.38 Å². The van der Waals surface area contributed by atoms with Gasteiger partial charge < -0.3 is 9.84 Å². The van der Waals surface area contributed by atoms with E-state index in [0.29, 0.717) is 11.5 Å². The quantitative estimate of drug-likeness (QED) is 0.869. The molecule has 0 fully saturated rings. The maximum absolute atomic E-state index is 13.3. The van der Waals surface area contributed by atoms with E-state index in [2.05, 4.69) is 24.0 Å². The molecule has 0 radical (unpaired) electrons. The summed E-state index contributed by atoms with van der Waals surface area (Å²) in [7, 11) is 1.62. The van der Waals surface area contributed by atoms with Crippen LogP contribution in [0.4, 0.5) is 4.39 Å². The number of benzene rings is 2. The van der Waals surface area contributed by atoms with Crippen molar-refractivity contribution in [3.8, 4) is 0 Å². The number of nitrogens with zero attached hydrogens (tertiary/aromatic N) is 1. The highest BCUT2D eigenvalue weighted by atomic mass is 19.1.